The first-order valence-corrected chi connectivity index (χ1v) is 7.91. The number of hydrogen-bond donors (Lipinski definition) is 1. The summed E-state index contributed by atoms with van der Waals surface area (Å²) in [6.07, 6.45) is 7.09. The van der Waals surface area contributed by atoms with Crippen LogP contribution in [0.25, 0.3) is 0 Å². The number of nitrogens with zero attached hydrogens (tertiary/aromatic N) is 2. The highest BCUT2D eigenvalue weighted by molar-refractivity contribution is 7.09. The molecule has 102 valence electrons. The number of aromatic nitrogens is 1. The van der Waals surface area contributed by atoms with Crippen molar-refractivity contribution in [1.82, 2.24) is 9.88 Å². The third-order valence-electron chi connectivity index (χ3n) is 3.69. The van der Waals surface area contributed by atoms with Crippen molar-refractivity contribution in [2.24, 2.45) is 11.7 Å². The number of rotatable bonds is 5. The van der Waals surface area contributed by atoms with E-state index in [0.29, 0.717) is 0 Å². The number of nitrogens with two attached hydrogens (primary N) is 1. The molecule has 3 nitrogen and oxygen atoms in total. The van der Waals surface area contributed by atoms with Crippen molar-refractivity contribution in [2.75, 3.05) is 13.6 Å². The van der Waals surface area contributed by atoms with E-state index in [4.69, 9.17) is 5.73 Å². The molecule has 0 aliphatic heterocycles. The molecule has 1 heterocycles. The van der Waals surface area contributed by atoms with Crippen LogP contribution in [-0.4, -0.2) is 23.5 Å². The quantitative estimate of drug-likeness (QED) is 0.891. The van der Waals surface area contributed by atoms with Gasteiger partial charge in [-0.2, -0.15) is 0 Å². The minimum absolute atomic E-state index is 0.0624. The molecule has 2 N–H and O–H groups in total. The van der Waals surface area contributed by atoms with Crippen LogP contribution in [0.4, 0.5) is 0 Å². The Morgan fingerprint density at radius 3 is 2.78 bits per heavy atom. The van der Waals surface area contributed by atoms with E-state index in [-0.39, 0.29) is 6.04 Å². The van der Waals surface area contributed by atoms with Gasteiger partial charge in [0, 0.05) is 18.5 Å². The lowest BCUT2D eigenvalue weighted by Gasteiger charge is -2.26. The molecule has 2 rings (SSSR count). The van der Waals surface area contributed by atoms with Crippen LogP contribution < -0.4 is 5.73 Å². The smallest absolute Gasteiger partial charge is 0.109 e. The maximum Gasteiger partial charge on any atom is 0.109 e. The minimum Gasteiger partial charge on any atom is -0.322 e. The van der Waals surface area contributed by atoms with Gasteiger partial charge in [-0.25, -0.2) is 4.98 Å². The van der Waals surface area contributed by atoms with Crippen LogP contribution in [-0.2, 0) is 6.54 Å². The van der Waals surface area contributed by atoms with E-state index in [1.54, 1.807) is 11.3 Å². The fourth-order valence-electron chi connectivity index (χ4n) is 2.76. The topological polar surface area (TPSA) is 42.1 Å². The van der Waals surface area contributed by atoms with Gasteiger partial charge in [-0.05, 0) is 32.7 Å². The third kappa shape index (κ3) is 4.04. The fourth-order valence-corrected chi connectivity index (χ4v) is 3.52. The van der Waals surface area contributed by atoms with Crippen LogP contribution in [0.2, 0.25) is 0 Å². The van der Waals surface area contributed by atoms with E-state index in [0.717, 1.165) is 17.5 Å². The summed E-state index contributed by atoms with van der Waals surface area (Å²) in [5, 5.41) is 3.20. The predicted octanol–water partition coefficient (Wildman–Crippen LogP) is 3.17. The van der Waals surface area contributed by atoms with Crippen LogP contribution in [0.3, 0.4) is 0 Å². The summed E-state index contributed by atoms with van der Waals surface area (Å²) >= 11 is 1.68. The molecule has 1 unspecified atom stereocenters. The molecule has 0 radical (unpaired) electrons. The Hall–Kier alpha value is -0.450. The Balaban J connectivity index is 1.80. The SMILES string of the molecule is CC(N)c1nc(CN(C)CC2CCCCC2)cs1. The summed E-state index contributed by atoms with van der Waals surface area (Å²) in [4.78, 5) is 7.01. The van der Waals surface area contributed by atoms with Crippen LogP contribution in [0, 0.1) is 5.92 Å². The highest BCUT2D eigenvalue weighted by atomic mass is 32.1. The first-order chi connectivity index (χ1) is 8.65. The fraction of sp³-hybridized carbons (Fsp3) is 0.786. The van der Waals surface area contributed by atoms with Crippen molar-refractivity contribution in [3.8, 4) is 0 Å². The second-order valence-electron chi connectivity index (χ2n) is 5.67. The maximum atomic E-state index is 5.84. The van der Waals surface area contributed by atoms with E-state index in [2.05, 4.69) is 22.3 Å². The molecule has 1 aromatic heterocycles. The third-order valence-corrected chi connectivity index (χ3v) is 4.78. The molecular weight excluding hydrogens is 242 g/mol. The second kappa shape index (κ2) is 6.64. The Bertz CT molecular complexity index is 356. The molecule has 0 saturated heterocycles. The summed E-state index contributed by atoms with van der Waals surface area (Å²) in [6, 6.07) is 0.0624. The first-order valence-electron chi connectivity index (χ1n) is 7.03. The minimum atomic E-state index is 0.0624. The van der Waals surface area contributed by atoms with Crippen LogP contribution >= 0.6 is 11.3 Å². The van der Waals surface area contributed by atoms with Crippen LogP contribution in [0.1, 0.15) is 55.8 Å². The van der Waals surface area contributed by atoms with Crippen molar-refractivity contribution in [3.05, 3.63) is 16.1 Å². The predicted molar refractivity (Wildman–Crippen MR) is 77.6 cm³/mol. The Morgan fingerprint density at radius 1 is 1.44 bits per heavy atom. The maximum absolute atomic E-state index is 5.84. The molecule has 4 heteroatoms. The summed E-state index contributed by atoms with van der Waals surface area (Å²) in [6.45, 7) is 4.17. The molecule has 1 fully saturated rings. The van der Waals surface area contributed by atoms with Gasteiger partial charge in [0.25, 0.3) is 0 Å². The van der Waals surface area contributed by atoms with Crippen molar-refractivity contribution in [2.45, 2.75) is 51.6 Å². The molecule has 1 saturated carbocycles. The Labute approximate surface area is 114 Å². The molecule has 0 aromatic carbocycles. The number of hydrogen-bond acceptors (Lipinski definition) is 4. The van der Waals surface area contributed by atoms with Gasteiger partial charge in [-0.3, -0.25) is 0 Å². The lowest BCUT2D eigenvalue weighted by molar-refractivity contribution is 0.226. The lowest BCUT2D eigenvalue weighted by Crippen LogP contribution is -2.26. The van der Waals surface area contributed by atoms with Gasteiger partial charge in [0.15, 0.2) is 0 Å². The molecule has 0 bridgehead atoms. The largest absolute Gasteiger partial charge is 0.322 e. The van der Waals surface area contributed by atoms with Gasteiger partial charge in [0.1, 0.15) is 5.01 Å². The van der Waals surface area contributed by atoms with Gasteiger partial charge < -0.3 is 10.6 Å². The van der Waals surface area contributed by atoms with Crippen LogP contribution in [0.15, 0.2) is 5.38 Å². The zero-order valence-corrected chi connectivity index (χ0v) is 12.4. The van der Waals surface area contributed by atoms with E-state index in [1.807, 2.05) is 6.92 Å². The molecule has 1 aliphatic rings. The lowest BCUT2D eigenvalue weighted by atomic mass is 9.89. The van der Waals surface area contributed by atoms with E-state index in [1.165, 1.54) is 44.3 Å². The van der Waals surface area contributed by atoms with Gasteiger partial charge >= 0.3 is 0 Å². The highest BCUT2D eigenvalue weighted by Gasteiger charge is 2.16. The van der Waals surface area contributed by atoms with Gasteiger partial charge in [0.05, 0.1) is 11.7 Å². The molecule has 0 amide bonds. The second-order valence-corrected chi connectivity index (χ2v) is 6.56. The van der Waals surface area contributed by atoms with Crippen LogP contribution in [0.5, 0.6) is 0 Å². The molecule has 1 aliphatic carbocycles. The zero-order chi connectivity index (χ0) is 13.0. The summed E-state index contributed by atoms with van der Waals surface area (Å²) in [5.74, 6) is 0.898. The van der Waals surface area contributed by atoms with Gasteiger partial charge in [-0.15, -0.1) is 11.3 Å². The van der Waals surface area contributed by atoms with E-state index in [9.17, 15) is 0 Å². The van der Waals surface area contributed by atoms with Crippen molar-refractivity contribution >= 4 is 11.3 Å². The zero-order valence-electron chi connectivity index (χ0n) is 11.6. The average molecular weight is 267 g/mol. The molecular formula is C14H25N3S. The summed E-state index contributed by atoms with van der Waals surface area (Å²) in [7, 11) is 2.21. The Kier molecular flexibility index (Phi) is 5.15. The number of thiazole rings is 1. The summed E-state index contributed by atoms with van der Waals surface area (Å²) < 4.78 is 0. The van der Waals surface area contributed by atoms with Crippen molar-refractivity contribution < 1.29 is 0 Å². The molecule has 18 heavy (non-hydrogen) atoms. The van der Waals surface area contributed by atoms with Gasteiger partial charge in [0.2, 0.25) is 0 Å². The first kappa shape index (κ1) is 14.0. The molecule has 0 spiro atoms. The average Bonchev–Trinajstić information content (AvgIpc) is 2.78. The van der Waals surface area contributed by atoms with Gasteiger partial charge in [-0.1, -0.05) is 19.3 Å². The monoisotopic (exact) mass is 267 g/mol. The summed E-state index contributed by atoms with van der Waals surface area (Å²) in [5.41, 5.74) is 7.01. The van der Waals surface area contributed by atoms with E-state index >= 15 is 0 Å². The normalized spacial score (nSPS) is 19.3. The Morgan fingerprint density at radius 2 is 2.17 bits per heavy atom. The van der Waals surface area contributed by atoms with Crippen molar-refractivity contribution in [3.63, 3.8) is 0 Å². The molecule has 1 atom stereocenters. The standard InChI is InChI=1S/C14H25N3S/c1-11(15)14-16-13(10-18-14)9-17(2)8-12-6-4-3-5-7-12/h10-12H,3-9,15H2,1-2H3. The molecule has 1 aromatic rings. The van der Waals surface area contributed by atoms with E-state index < -0.39 is 0 Å². The highest BCUT2D eigenvalue weighted by Crippen LogP contribution is 2.24. The van der Waals surface area contributed by atoms with Crippen molar-refractivity contribution in [1.29, 1.82) is 0 Å².